The van der Waals surface area contributed by atoms with Crippen molar-refractivity contribution in [3.05, 3.63) is 52.1 Å². The molecule has 0 bridgehead atoms. The molecule has 0 aromatic carbocycles. The summed E-state index contributed by atoms with van der Waals surface area (Å²) in [5.74, 6) is 0.336. The number of hydrogen-bond acceptors (Lipinski definition) is 4. The summed E-state index contributed by atoms with van der Waals surface area (Å²) in [5, 5.41) is 0.456. The fourth-order valence-corrected chi connectivity index (χ4v) is 2.61. The maximum Gasteiger partial charge on any atom is 0.217 e. The molecule has 0 saturated carbocycles. The normalized spacial score (nSPS) is 15.2. The first-order chi connectivity index (χ1) is 9.61. The van der Waals surface area contributed by atoms with Crippen LogP contribution in [0.5, 0.6) is 0 Å². The van der Waals surface area contributed by atoms with Crippen molar-refractivity contribution in [2.24, 2.45) is 0 Å². The first-order valence-electron chi connectivity index (χ1n) is 6.45. The van der Waals surface area contributed by atoms with Gasteiger partial charge in [-0.15, -0.1) is 0 Å². The fraction of sp³-hybridized carbons (Fsp3) is 0.357. The zero-order chi connectivity index (χ0) is 14.1. The lowest BCUT2D eigenvalue weighted by Crippen LogP contribution is -2.31. The molecule has 0 saturated heterocycles. The van der Waals surface area contributed by atoms with Crippen LogP contribution in [0.1, 0.15) is 22.6 Å². The Labute approximate surface area is 121 Å². The molecule has 0 amide bonds. The molecule has 6 heteroatoms. The highest BCUT2D eigenvalue weighted by Gasteiger charge is 2.19. The second-order valence-electron chi connectivity index (χ2n) is 4.95. The summed E-state index contributed by atoms with van der Waals surface area (Å²) >= 11 is 5.87. The minimum absolute atomic E-state index is 0.456. The number of aromatic nitrogens is 3. The quantitative estimate of drug-likeness (QED) is 0.798. The van der Waals surface area contributed by atoms with E-state index in [1.807, 2.05) is 13.1 Å². The van der Waals surface area contributed by atoms with Crippen LogP contribution in [0, 0.1) is 12.9 Å². The summed E-state index contributed by atoms with van der Waals surface area (Å²) in [4.78, 5) is 14.5. The van der Waals surface area contributed by atoms with Gasteiger partial charge in [0.15, 0.2) is 0 Å². The third-order valence-electron chi connectivity index (χ3n) is 3.41. The van der Waals surface area contributed by atoms with Gasteiger partial charge in [0.1, 0.15) is 5.82 Å². The van der Waals surface area contributed by atoms with Crippen LogP contribution in [-0.4, -0.2) is 26.4 Å². The maximum absolute atomic E-state index is 13.7. The summed E-state index contributed by atoms with van der Waals surface area (Å²) in [6, 6.07) is 1.63. The number of halogens is 2. The summed E-state index contributed by atoms with van der Waals surface area (Å²) in [6.07, 6.45) is 4.03. The van der Waals surface area contributed by atoms with Crippen molar-refractivity contribution in [3.8, 4) is 0 Å². The Morgan fingerprint density at radius 3 is 3.05 bits per heavy atom. The molecule has 4 nitrogen and oxygen atoms in total. The van der Waals surface area contributed by atoms with Gasteiger partial charge in [0.05, 0.1) is 5.02 Å². The minimum atomic E-state index is -0.458. The second kappa shape index (κ2) is 5.42. The highest BCUT2D eigenvalue weighted by Crippen LogP contribution is 2.20. The van der Waals surface area contributed by atoms with E-state index in [-0.39, 0.29) is 0 Å². The van der Waals surface area contributed by atoms with E-state index in [1.54, 1.807) is 6.07 Å². The van der Waals surface area contributed by atoms with Gasteiger partial charge in [-0.3, -0.25) is 4.90 Å². The van der Waals surface area contributed by atoms with E-state index in [2.05, 4.69) is 19.9 Å². The summed E-state index contributed by atoms with van der Waals surface area (Å²) in [7, 11) is 0. The molecular formula is C14H14ClFN4. The topological polar surface area (TPSA) is 41.9 Å². The standard InChI is InChI=1S/C14H14ClFN4/c1-9-17-5-11-8-20(3-2-13(11)19-9)7-10-4-12(15)6-18-14(10)16/h4-6H,2-3,7-8H2,1H3. The van der Waals surface area contributed by atoms with Crippen LogP contribution in [0.4, 0.5) is 4.39 Å². The van der Waals surface area contributed by atoms with E-state index in [1.165, 1.54) is 6.20 Å². The number of nitrogens with zero attached hydrogens (tertiary/aromatic N) is 4. The molecule has 3 rings (SSSR count). The van der Waals surface area contributed by atoms with Gasteiger partial charge in [-0.25, -0.2) is 15.0 Å². The number of pyridine rings is 1. The van der Waals surface area contributed by atoms with E-state index in [0.717, 1.165) is 36.6 Å². The first kappa shape index (κ1) is 13.4. The van der Waals surface area contributed by atoms with Gasteiger partial charge in [-0.1, -0.05) is 11.6 Å². The van der Waals surface area contributed by atoms with E-state index in [0.29, 0.717) is 17.1 Å². The third kappa shape index (κ3) is 2.78. The van der Waals surface area contributed by atoms with Crippen molar-refractivity contribution in [2.45, 2.75) is 26.4 Å². The van der Waals surface area contributed by atoms with E-state index in [9.17, 15) is 4.39 Å². The Morgan fingerprint density at radius 1 is 1.35 bits per heavy atom. The molecule has 0 unspecified atom stereocenters. The Morgan fingerprint density at radius 2 is 2.20 bits per heavy atom. The smallest absolute Gasteiger partial charge is 0.217 e. The average molecular weight is 293 g/mol. The fourth-order valence-electron chi connectivity index (χ4n) is 2.43. The molecule has 2 aromatic rings. The molecule has 20 heavy (non-hydrogen) atoms. The third-order valence-corrected chi connectivity index (χ3v) is 3.61. The van der Waals surface area contributed by atoms with Crippen molar-refractivity contribution < 1.29 is 4.39 Å². The molecule has 0 aliphatic carbocycles. The van der Waals surface area contributed by atoms with Crippen LogP contribution in [0.25, 0.3) is 0 Å². The summed E-state index contributed by atoms with van der Waals surface area (Å²) in [6.45, 7) is 3.95. The Kier molecular flexibility index (Phi) is 3.63. The zero-order valence-corrected chi connectivity index (χ0v) is 11.9. The highest BCUT2D eigenvalue weighted by molar-refractivity contribution is 6.30. The molecule has 3 heterocycles. The SMILES string of the molecule is Cc1ncc2c(n1)CCN(Cc1cc(Cl)cnc1F)C2. The van der Waals surface area contributed by atoms with Gasteiger partial charge in [0.25, 0.3) is 0 Å². The van der Waals surface area contributed by atoms with Crippen LogP contribution in [0.15, 0.2) is 18.5 Å². The lowest BCUT2D eigenvalue weighted by Gasteiger charge is -2.27. The molecule has 0 fully saturated rings. The van der Waals surface area contributed by atoms with E-state index >= 15 is 0 Å². The van der Waals surface area contributed by atoms with Crippen molar-refractivity contribution in [2.75, 3.05) is 6.54 Å². The average Bonchev–Trinajstić information content (AvgIpc) is 2.43. The second-order valence-corrected chi connectivity index (χ2v) is 5.39. The molecule has 1 aliphatic heterocycles. The first-order valence-corrected chi connectivity index (χ1v) is 6.83. The number of rotatable bonds is 2. The predicted octanol–water partition coefficient (Wildman–Crippen LogP) is 2.53. The number of fused-ring (bicyclic) bond motifs is 1. The van der Waals surface area contributed by atoms with Crippen LogP contribution in [-0.2, 0) is 19.5 Å². The highest BCUT2D eigenvalue weighted by atomic mass is 35.5. The van der Waals surface area contributed by atoms with Crippen molar-refractivity contribution >= 4 is 11.6 Å². The van der Waals surface area contributed by atoms with Gasteiger partial charge < -0.3 is 0 Å². The van der Waals surface area contributed by atoms with E-state index < -0.39 is 5.95 Å². The van der Waals surface area contributed by atoms with Gasteiger partial charge in [-0.2, -0.15) is 4.39 Å². The zero-order valence-electron chi connectivity index (χ0n) is 11.1. The molecule has 0 spiro atoms. The Balaban J connectivity index is 1.77. The monoisotopic (exact) mass is 292 g/mol. The van der Waals surface area contributed by atoms with Crippen molar-refractivity contribution in [1.29, 1.82) is 0 Å². The Hall–Kier alpha value is -1.59. The van der Waals surface area contributed by atoms with Gasteiger partial charge in [0.2, 0.25) is 5.95 Å². The van der Waals surface area contributed by atoms with Crippen LogP contribution in [0.2, 0.25) is 5.02 Å². The van der Waals surface area contributed by atoms with Gasteiger partial charge >= 0.3 is 0 Å². The minimum Gasteiger partial charge on any atom is -0.294 e. The van der Waals surface area contributed by atoms with Crippen LogP contribution < -0.4 is 0 Å². The lowest BCUT2D eigenvalue weighted by molar-refractivity contribution is 0.238. The number of aryl methyl sites for hydroxylation is 1. The van der Waals surface area contributed by atoms with E-state index in [4.69, 9.17) is 11.6 Å². The summed E-state index contributed by atoms with van der Waals surface area (Å²) < 4.78 is 13.7. The molecule has 1 aliphatic rings. The molecule has 2 aromatic heterocycles. The summed E-state index contributed by atoms with van der Waals surface area (Å²) in [5.41, 5.74) is 2.73. The van der Waals surface area contributed by atoms with Crippen molar-refractivity contribution in [3.63, 3.8) is 0 Å². The number of hydrogen-bond donors (Lipinski definition) is 0. The largest absolute Gasteiger partial charge is 0.294 e. The van der Waals surface area contributed by atoms with Gasteiger partial charge in [0, 0.05) is 55.3 Å². The maximum atomic E-state index is 13.7. The molecule has 0 radical (unpaired) electrons. The molecule has 0 atom stereocenters. The molecular weight excluding hydrogens is 279 g/mol. The molecule has 0 N–H and O–H groups in total. The van der Waals surface area contributed by atoms with Crippen LogP contribution >= 0.6 is 11.6 Å². The van der Waals surface area contributed by atoms with Gasteiger partial charge in [-0.05, 0) is 13.0 Å². The van der Waals surface area contributed by atoms with Crippen LogP contribution in [0.3, 0.4) is 0 Å². The molecule has 104 valence electrons. The lowest BCUT2D eigenvalue weighted by atomic mass is 10.1. The Bertz CT molecular complexity index is 647. The van der Waals surface area contributed by atoms with Crippen molar-refractivity contribution in [1.82, 2.24) is 19.9 Å². The predicted molar refractivity (Wildman–Crippen MR) is 73.8 cm³/mol.